The molecule has 3 aromatic heterocycles. The number of imide groups is 1. The Balaban J connectivity index is 0.843. The zero-order valence-corrected chi connectivity index (χ0v) is 38.5. The van der Waals surface area contributed by atoms with Gasteiger partial charge < -0.3 is 45.2 Å². The van der Waals surface area contributed by atoms with E-state index in [2.05, 4.69) is 36.3 Å². The summed E-state index contributed by atoms with van der Waals surface area (Å²) in [4.78, 5) is 98.0. The van der Waals surface area contributed by atoms with Crippen molar-refractivity contribution in [2.45, 2.75) is 58.0 Å². The fourth-order valence-electron chi connectivity index (χ4n) is 7.35. The highest BCUT2D eigenvalue weighted by Gasteiger charge is 2.40. The molecule has 7 amide bonds. The van der Waals surface area contributed by atoms with E-state index in [-0.39, 0.29) is 92.0 Å². The predicted molar refractivity (Wildman–Crippen MR) is 244 cm³/mol. The van der Waals surface area contributed by atoms with Gasteiger partial charge in [0.2, 0.25) is 17.7 Å². The summed E-state index contributed by atoms with van der Waals surface area (Å²) >= 11 is 0. The summed E-state index contributed by atoms with van der Waals surface area (Å²) in [6, 6.07) is 13.2. The van der Waals surface area contributed by atoms with E-state index in [1.54, 1.807) is 24.3 Å². The summed E-state index contributed by atoms with van der Waals surface area (Å²) in [5, 5.41) is 15.0. The molecule has 6 N–H and O–H groups in total. The van der Waals surface area contributed by atoms with Crippen LogP contribution in [0.25, 0.3) is 17.1 Å². The monoisotopic (exact) mass is 987 g/mol. The Kier molecular flexibility index (Phi) is 15.4. The van der Waals surface area contributed by atoms with Crippen molar-refractivity contribution >= 4 is 58.7 Å². The molecule has 1 saturated heterocycles. The molecule has 2 aliphatic rings. The van der Waals surface area contributed by atoms with E-state index < -0.39 is 54.0 Å². The molecule has 7 rings (SSSR count). The van der Waals surface area contributed by atoms with Crippen molar-refractivity contribution in [3.05, 3.63) is 101 Å². The summed E-state index contributed by atoms with van der Waals surface area (Å²) < 4.78 is 63.5. The number of halogens is 3. The van der Waals surface area contributed by atoms with Crippen LogP contribution in [0.3, 0.4) is 0 Å². The molecular formula is C46H48F3N11O11. The van der Waals surface area contributed by atoms with Crippen LogP contribution in [0.4, 0.5) is 35.2 Å². The third-order valence-electron chi connectivity index (χ3n) is 10.6. The Morgan fingerprint density at radius 2 is 1.68 bits per heavy atom. The number of hydrogen-bond donors (Lipinski definition) is 5. The van der Waals surface area contributed by atoms with Crippen molar-refractivity contribution in [2.75, 3.05) is 61.6 Å². The normalized spacial score (nSPS) is 14.7. The maximum Gasteiger partial charge on any atom is 0.416 e. The lowest BCUT2D eigenvalue weighted by Gasteiger charge is -2.29. The third-order valence-corrected chi connectivity index (χ3v) is 10.6. The Morgan fingerprint density at radius 3 is 2.37 bits per heavy atom. The molecule has 5 aromatic rings. The Bertz CT molecular complexity index is 2830. The predicted octanol–water partition coefficient (Wildman–Crippen LogP) is 4.21. The number of amides is 7. The molecule has 0 saturated carbocycles. The number of piperidine rings is 1. The minimum atomic E-state index is -4.80. The molecule has 0 spiro atoms. The smallest absolute Gasteiger partial charge is 0.416 e. The molecule has 0 aliphatic carbocycles. The Morgan fingerprint density at radius 1 is 0.944 bits per heavy atom. The lowest BCUT2D eigenvalue weighted by Crippen LogP contribution is -2.52. The molecule has 2 aliphatic heterocycles. The maximum atomic E-state index is 13.5. The van der Waals surface area contributed by atoms with Crippen molar-refractivity contribution in [3.8, 4) is 17.1 Å². The average Bonchev–Trinajstić information content (AvgIpc) is 4.07. The van der Waals surface area contributed by atoms with E-state index >= 15 is 0 Å². The largest absolute Gasteiger partial charge is 0.444 e. The van der Waals surface area contributed by atoms with Gasteiger partial charge in [0.25, 0.3) is 23.6 Å². The molecule has 2 aromatic carbocycles. The first-order valence-corrected chi connectivity index (χ1v) is 22.0. The van der Waals surface area contributed by atoms with E-state index in [1.165, 1.54) is 54.7 Å². The highest BCUT2D eigenvalue weighted by atomic mass is 19.4. The topological polar surface area (TPSA) is 285 Å². The molecule has 374 valence electrons. The van der Waals surface area contributed by atoms with E-state index in [1.807, 2.05) is 6.07 Å². The quantitative estimate of drug-likeness (QED) is 0.0572. The highest BCUT2D eigenvalue weighted by Crippen LogP contribution is 2.33. The van der Waals surface area contributed by atoms with Gasteiger partial charge in [-0.2, -0.15) is 18.3 Å². The molecule has 1 atom stereocenters. The number of nitrogens with zero attached hydrogens (tertiary/aromatic N) is 6. The van der Waals surface area contributed by atoms with Crippen LogP contribution in [-0.4, -0.2) is 130 Å². The second kappa shape index (κ2) is 21.6. The van der Waals surface area contributed by atoms with E-state index in [9.17, 15) is 46.7 Å². The number of hydrogen-bond acceptors (Lipinski definition) is 15. The number of primary amides is 1. The van der Waals surface area contributed by atoms with Crippen LogP contribution in [0.2, 0.25) is 0 Å². The van der Waals surface area contributed by atoms with Crippen LogP contribution in [0, 0.1) is 0 Å². The zero-order chi connectivity index (χ0) is 51.0. The number of fused-ring (bicyclic) bond motifs is 1. The van der Waals surface area contributed by atoms with Crippen molar-refractivity contribution < 1.29 is 65.4 Å². The Labute approximate surface area is 402 Å². The van der Waals surface area contributed by atoms with Gasteiger partial charge in [-0.1, -0.05) is 6.07 Å². The number of anilines is 3. The summed E-state index contributed by atoms with van der Waals surface area (Å²) in [6.07, 6.45) is -2.23. The van der Waals surface area contributed by atoms with Crippen molar-refractivity contribution in [2.24, 2.45) is 5.73 Å². The van der Waals surface area contributed by atoms with Crippen molar-refractivity contribution in [1.29, 1.82) is 0 Å². The molecular weight excluding hydrogens is 940 g/mol. The summed E-state index contributed by atoms with van der Waals surface area (Å²) in [5.74, 6) is -3.93. The average molecular weight is 988 g/mol. The first-order chi connectivity index (χ1) is 33.7. The van der Waals surface area contributed by atoms with Crippen LogP contribution in [0.1, 0.15) is 80.9 Å². The molecule has 25 heteroatoms. The number of nitrogens with two attached hydrogens (primary N) is 1. The number of ether oxygens (including phenoxy) is 3. The van der Waals surface area contributed by atoms with E-state index in [4.69, 9.17) is 24.4 Å². The van der Waals surface area contributed by atoms with E-state index in [0.29, 0.717) is 34.9 Å². The van der Waals surface area contributed by atoms with Gasteiger partial charge in [0.1, 0.15) is 30.3 Å². The zero-order valence-electron chi connectivity index (χ0n) is 38.5. The summed E-state index contributed by atoms with van der Waals surface area (Å²) in [7, 11) is 0. The lowest BCUT2D eigenvalue weighted by atomic mass is 10.0. The number of oxazole rings is 1. The summed E-state index contributed by atoms with van der Waals surface area (Å²) in [5.41, 5.74) is 6.54. The SMILES string of the molecule is CC(C)(C)OC(=O)N(CC(F)(F)F)c1cc(-c2nc(C(=O)Nc3cn(-c4ccc(C(=O)NCCOCCOCCNc5cccc6c5CN(C5CCC(=O)NC5=O)C6=O)cc4)nc3C(N)=O)co2)ccn1. The third kappa shape index (κ3) is 12.9. The number of rotatable bonds is 19. The number of carbonyl (C=O) groups is 7. The van der Waals surface area contributed by atoms with E-state index in [0.717, 1.165) is 29.8 Å². The molecule has 71 heavy (non-hydrogen) atoms. The van der Waals surface area contributed by atoms with Crippen LogP contribution in [0.5, 0.6) is 0 Å². The molecule has 0 bridgehead atoms. The van der Waals surface area contributed by atoms with Gasteiger partial charge in [0, 0.05) is 60.2 Å². The van der Waals surface area contributed by atoms with Gasteiger partial charge >= 0.3 is 12.3 Å². The Hall–Kier alpha value is -8.19. The number of pyridine rings is 1. The van der Waals surface area contributed by atoms with Gasteiger partial charge in [-0.3, -0.25) is 39.0 Å². The molecule has 0 radical (unpaired) electrons. The van der Waals surface area contributed by atoms with Crippen LogP contribution in [-0.2, 0) is 30.3 Å². The first kappa shape index (κ1) is 50.7. The second-order valence-electron chi connectivity index (χ2n) is 17.0. The van der Waals surface area contributed by atoms with Crippen molar-refractivity contribution in [1.82, 2.24) is 35.3 Å². The number of carbonyl (C=O) groups excluding carboxylic acids is 7. The van der Waals surface area contributed by atoms with Crippen molar-refractivity contribution in [3.63, 3.8) is 0 Å². The minimum absolute atomic E-state index is 0.0721. The van der Waals surface area contributed by atoms with Crippen LogP contribution < -0.4 is 31.9 Å². The van der Waals surface area contributed by atoms with Crippen LogP contribution >= 0.6 is 0 Å². The number of benzene rings is 2. The van der Waals surface area contributed by atoms with Gasteiger partial charge in [-0.25, -0.2) is 19.4 Å². The standard InChI is InChI=1S/C46H48F3N11O11/c1-45(2,3)71-44(67)59(25-46(47,48)49)35-21-27(13-14-52-35)42-55-33(24-70-42)40(64)54-32-23-60(57-37(32)38(50)62)28-9-7-26(8-10-28)39(63)53-16-18-69-20-19-68-17-15-51-31-6-4-5-29-30(31)22-58(43(29)66)34-11-12-36(61)56-41(34)65/h4-10,13-14,21,23-24,34,51H,11-12,15-20,22,25H2,1-3H3,(H2,50,62)(H,53,63)(H,54,64)(H,56,61,65). The molecule has 5 heterocycles. The number of nitrogens with one attached hydrogen (secondary N) is 4. The molecule has 22 nitrogen and oxygen atoms in total. The lowest BCUT2D eigenvalue weighted by molar-refractivity contribution is -0.137. The van der Waals surface area contributed by atoms with Gasteiger partial charge in [0.05, 0.1) is 44.0 Å². The van der Waals surface area contributed by atoms with Gasteiger partial charge in [-0.05, 0) is 75.7 Å². The first-order valence-electron chi connectivity index (χ1n) is 22.0. The maximum absolute atomic E-state index is 13.5. The fourth-order valence-corrected chi connectivity index (χ4v) is 7.35. The summed E-state index contributed by atoms with van der Waals surface area (Å²) in [6.45, 7) is 4.77. The molecule has 1 fully saturated rings. The van der Waals surface area contributed by atoms with Gasteiger partial charge in [0.15, 0.2) is 11.4 Å². The minimum Gasteiger partial charge on any atom is -0.444 e. The van der Waals surface area contributed by atoms with Crippen LogP contribution in [0.15, 0.2) is 77.7 Å². The number of aromatic nitrogens is 4. The second-order valence-corrected chi connectivity index (χ2v) is 17.0. The molecule has 1 unspecified atom stereocenters. The highest BCUT2D eigenvalue weighted by molar-refractivity contribution is 6.08. The van der Waals surface area contributed by atoms with Gasteiger partial charge in [-0.15, -0.1) is 0 Å². The number of alkyl halides is 3. The fraction of sp³-hybridized carbons (Fsp3) is 0.348.